The van der Waals surface area contributed by atoms with Crippen LogP contribution in [0.5, 0.6) is 11.5 Å². The maximum Gasteiger partial charge on any atom is 0.280 e. The van der Waals surface area contributed by atoms with Gasteiger partial charge in [0, 0.05) is 17.3 Å². The molecule has 4 rings (SSSR count). The smallest absolute Gasteiger partial charge is 0.280 e. The third-order valence-corrected chi connectivity index (χ3v) is 5.94. The number of hydrogen-bond acceptors (Lipinski definition) is 6. The van der Waals surface area contributed by atoms with Crippen molar-refractivity contribution in [3.63, 3.8) is 0 Å². The van der Waals surface area contributed by atoms with E-state index in [2.05, 4.69) is 22.4 Å². The Morgan fingerprint density at radius 1 is 0.971 bits per heavy atom. The fourth-order valence-electron chi connectivity index (χ4n) is 4.14. The number of hydrogen-bond donors (Lipinski definition) is 4. The number of H-pyrrole nitrogens is 1. The largest absolute Gasteiger partial charge is 0.506 e. The Balaban J connectivity index is 1.73. The van der Waals surface area contributed by atoms with Crippen LogP contribution in [0.2, 0.25) is 0 Å². The van der Waals surface area contributed by atoms with Crippen molar-refractivity contribution in [2.45, 2.75) is 39.7 Å². The number of para-hydroxylation sites is 2. The number of nitrogens with one attached hydrogen (secondary N) is 2. The number of aromatic amines is 1. The average molecular weight is 475 g/mol. The molecule has 0 fully saturated rings. The van der Waals surface area contributed by atoms with E-state index < -0.39 is 28.3 Å². The molecule has 180 valence electrons. The van der Waals surface area contributed by atoms with E-state index in [0.717, 1.165) is 19.3 Å². The lowest BCUT2D eigenvalue weighted by Crippen LogP contribution is -2.32. The predicted molar refractivity (Wildman–Crippen MR) is 135 cm³/mol. The number of fused-ring (bicyclic) bond motifs is 2. The zero-order valence-corrected chi connectivity index (χ0v) is 19.5. The van der Waals surface area contributed by atoms with Gasteiger partial charge in [-0.3, -0.25) is 14.4 Å². The summed E-state index contributed by atoms with van der Waals surface area (Å²) >= 11 is 0. The van der Waals surface area contributed by atoms with E-state index in [9.17, 15) is 24.6 Å². The Kier molecular flexibility index (Phi) is 6.68. The van der Waals surface area contributed by atoms with Gasteiger partial charge in [0.05, 0.1) is 16.7 Å². The molecule has 0 radical (unpaired) electrons. The van der Waals surface area contributed by atoms with Crippen molar-refractivity contribution >= 4 is 33.4 Å². The molecule has 2 heterocycles. The van der Waals surface area contributed by atoms with Gasteiger partial charge in [-0.05, 0) is 37.6 Å². The van der Waals surface area contributed by atoms with Gasteiger partial charge in [-0.2, -0.15) is 5.10 Å². The fourth-order valence-corrected chi connectivity index (χ4v) is 4.14. The van der Waals surface area contributed by atoms with Crippen LogP contribution in [-0.4, -0.2) is 31.4 Å². The van der Waals surface area contributed by atoms with Crippen molar-refractivity contribution in [2.75, 3.05) is 0 Å². The monoisotopic (exact) mass is 474 g/mol. The number of aryl methyl sites for hydroxylation is 1. The predicted octanol–water partition coefficient (Wildman–Crippen LogP) is 3.60. The van der Waals surface area contributed by atoms with E-state index in [-0.39, 0.29) is 17.0 Å². The van der Waals surface area contributed by atoms with Gasteiger partial charge in [0.2, 0.25) is 0 Å². The summed E-state index contributed by atoms with van der Waals surface area (Å²) in [7, 11) is 0. The molecular weight excluding hydrogens is 448 g/mol. The lowest BCUT2D eigenvalue weighted by atomic mass is 10.1. The summed E-state index contributed by atoms with van der Waals surface area (Å²) in [5.74, 6) is -1.63. The zero-order valence-electron chi connectivity index (χ0n) is 19.5. The highest BCUT2D eigenvalue weighted by molar-refractivity contribution is 6.07. The molecule has 1 amide bonds. The summed E-state index contributed by atoms with van der Waals surface area (Å²) in [6, 6.07) is 13.6. The number of rotatable bonds is 7. The Hall–Kier alpha value is -4.40. The summed E-state index contributed by atoms with van der Waals surface area (Å²) in [6.07, 6.45) is 2.62. The number of nitrogens with zero attached hydrogens (tertiary/aromatic N) is 2. The maximum atomic E-state index is 13.2. The summed E-state index contributed by atoms with van der Waals surface area (Å²) in [6.45, 7) is 3.90. The second kappa shape index (κ2) is 9.84. The molecule has 4 N–H and O–H groups in total. The molecule has 4 aromatic rings. The highest BCUT2D eigenvalue weighted by Gasteiger charge is 2.22. The van der Waals surface area contributed by atoms with Crippen LogP contribution in [0.4, 0.5) is 0 Å². The molecule has 0 saturated heterocycles. The van der Waals surface area contributed by atoms with Crippen molar-refractivity contribution < 1.29 is 15.0 Å². The van der Waals surface area contributed by atoms with Gasteiger partial charge in [0.15, 0.2) is 0 Å². The van der Waals surface area contributed by atoms with Crippen molar-refractivity contribution in [1.82, 2.24) is 15.0 Å². The fraction of sp³-hybridized carbons (Fsp3) is 0.231. The first kappa shape index (κ1) is 23.7. The molecule has 2 aromatic carbocycles. The van der Waals surface area contributed by atoms with Gasteiger partial charge in [-0.25, -0.2) is 5.43 Å². The molecule has 0 atom stereocenters. The number of unbranched alkanes of at least 4 members (excludes halogenated alkanes) is 2. The van der Waals surface area contributed by atoms with E-state index in [1.165, 1.54) is 11.5 Å². The lowest BCUT2D eigenvalue weighted by molar-refractivity contribution is 0.0950. The van der Waals surface area contributed by atoms with Crippen LogP contribution in [-0.2, 0) is 6.54 Å². The second-order valence-corrected chi connectivity index (χ2v) is 8.27. The third-order valence-electron chi connectivity index (χ3n) is 5.94. The minimum Gasteiger partial charge on any atom is -0.506 e. The third kappa shape index (κ3) is 4.40. The van der Waals surface area contributed by atoms with E-state index in [1.54, 1.807) is 48.5 Å². The molecule has 0 unspecified atom stereocenters. The zero-order chi connectivity index (χ0) is 25.1. The van der Waals surface area contributed by atoms with Crippen LogP contribution >= 0.6 is 0 Å². The lowest BCUT2D eigenvalue weighted by Gasteiger charge is -2.14. The van der Waals surface area contributed by atoms with E-state index in [1.807, 2.05) is 0 Å². The number of carbonyl (C=O) groups is 1. The van der Waals surface area contributed by atoms with Crippen molar-refractivity contribution in [3.8, 4) is 11.5 Å². The maximum absolute atomic E-state index is 13.2. The molecule has 9 heteroatoms. The number of benzene rings is 2. The van der Waals surface area contributed by atoms with Crippen LogP contribution in [0, 0.1) is 0 Å². The standard InChI is InChI=1S/C26H26N4O5/c1-3-4-9-14-30-19-13-8-6-11-17(19)23(32)21(26(30)35)25(34)29-28-15(2)20-22(31)16-10-5-7-12-18(16)27-24(20)33/h5-8,10-13,32H,3-4,9,14H2,1-2H3,(H,29,34)(H2,27,31,33)/b28-15+. The van der Waals surface area contributed by atoms with Gasteiger partial charge < -0.3 is 19.8 Å². The van der Waals surface area contributed by atoms with Crippen LogP contribution < -0.4 is 16.5 Å². The van der Waals surface area contributed by atoms with Crippen LogP contribution in [0.1, 0.15) is 49.0 Å². The van der Waals surface area contributed by atoms with Crippen LogP contribution in [0.15, 0.2) is 63.2 Å². The van der Waals surface area contributed by atoms with Crippen LogP contribution in [0.25, 0.3) is 21.8 Å². The van der Waals surface area contributed by atoms with Gasteiger partial charge in [0.1, 0.15) is 22.6 Å². The first-order chi connectivity index (χ1) is 16.8. The van der Waals surface area contributed by atoms with E-state index in [4.69, 9.17) is 0 Å². The Morgan fingerprint density at radius 2 is 1.63 bits per heavy atom. The van der Waals surface area contributed by atoms with Crippen molar-refractivity contribution in [2.24, 2.45) is 5.10 Å². The first-order valence-corrected chi connectivity index (χ1v) is 11.4. The van der Waals surface area contributed by atoms with E-state index in [0.29, 0.717) is 28.4 Å². The molecule has 2 aromatic heterocycles. The van der Waals surface area contributed by atoms with Gasteiger partial charge >= 0.3 is 0 Å². The summed E-state index contributed by atoms with van der Waals surface area (Å²) < 4.78 is 1.48. The van der Waals surface area contributed by atoms with Gasteiger partial charge in [-0.15, -0.1) is 0 Å². The minimum absolute atomic E-state index is 0.0337. The molecule has 0 bridgehead atoms. The first-order valence-electron chi connectivity index (χ1n) is 11.4. The average Bonchev–Trinajstić information content (AvgIpc) is 2.85. The number of aromatic hydroxyl groups is 2. The Bertz CT molecular complexity index is 1580. The topological polar surface area (TPSA) is 137 Å². The molecule has 0 spiro atoms. The highest BCUT2D eigenvalue weighted by atomic mass is 16.3. The molecule has 0 aliphatic rings. The molecule has 9 nitrogen and oxygen atoms in total. The molecule has 0 aliphatic heterocycles. The number of aromatic nitrogens is 2. The number of amides is 1. The quantitative estimate of drug-likeness (QED) is 0.184. The molecular formula is C26H26N4O5. The summed E-state index contributed by atoms with van der Waals surface area (Å²) in [4.78, 5) is 41.4. The Labute approximate surface area is 200 Å². The normalized spacial score (nSPS) is 11.8. The van der Waals surface area contributed by atoms with Gasteiger partial charge in [0.25, 0.3) is 17.0 Å². The summed E-state index contributed by atoms with van der Waals surface area (Å²) in [5.41, 5.74) is 1.53. The molecule has 35 heavy (non-hydrogen) atoms. The SMILES string of the molecule is CCCCCn1c(=O)c(C(=O)N/N=C(\C)c2c(O)c3ccccc3[nH]c2=O)c(O)c2ccccc21. The molecule has 0 aliphatic carbocycles. The summed E-state index contributed by atoms with van der Waals surface area (Å²) in [5, 5.41) is 26.1. The number of pyridine rings is 2. The van der Waals surface area contributed by atoms with Crippen molar-refractivity contribution in [3.05, 3.63) is 80.4 Å². The van der Waals surface area contributed by atoms with Gasteiger partial charge in [-0.1, -0.05) is 44.0 Å². The van der Waals surface area contributed by atoms with Crippen molar-refractivity contribution in [1.29, 1.82) is 0 Å². The molecule has 0 saturated carbocycles. The minimum atomic E-state index is -0.918. The second-order valence-electron chi connectivity index (χ2n) is 8.27. The number of carbonyl (C=O) groups excluding carboxylic acids is 1. The van der Waals surface area contributed by atoms with Crippen LogP contribution in [0.3, 0.4) is 0 Å². The highest BCUT2D eigenvalue weighted by Crippen LogP contribution is 2.27. The van der Waals surface area contributed by atoms with E-state index >= 15 is 0 Å². The Morgan fingerprint density at radius 3 is 2.37 bits per heavy atom. The number of hydrazone groups is 1.